The van der Waals surface area contributed by atoms with Gasteiger partial charge in [-0.25, -0.2) is 0 Å². The smallest absolute Gasteiger partial charge is 0.159 e. The van der Waals surface area contributed by atoms with Crippen molar-refractivity contribution in [2.75, 3.05) is 0 Å². The zero-order valence-corrected chi connectivity index (χ0v) is 19.9. The first-order chi connectivity index (χ1) is 14.2. The Bertz CT molecular complexity index is 737. The van der Waals surface area contributed by atoms with Crippen LogP contribution in [0, 0.1) is 46.3 Å². The van der Waals surface area contributed by atoms with E-state index < -0.39 is 0 Å². The number of rotatable bonds is 5. The van der Waals surface area contributed by atoms with Gasteiger partial charge in [0, 0.05) is 12.0 Å². The second-order valence-electron chi connectivity index (χ2n) is 12.1. The van der Waals surface area contributed by atoms with Crippen molar-refractivity contribution in [1.82, 2.24) is 0 Å². The summed E-state index contributed by atoms with van der Waals surface area (Å²) in [6.07, 6.45) is 13.8. The third-order valence-electron chi connectivity index (χ3n) is 10.1. The number of carbonyl (C=O) groups is 1. The molecule has 0 aromatic carbocycles. The normalized spacial score (nSPS) is 43.2. The molecule has 0 unspecified atom stereocenters. The van der Waals surface area contributed by atoms with Gasteiger partial charge in [-0.3, -0.25) is 4.79 Å². The molecule has 7 atom stereocenters. The van der Waals surface area contributed by atoms with Crippen LogP contribution >= 0.6 is 0 Å². The van der Waals surface area contributed by atoms with E-state index in [0.717, 1.165) is 42.6 Å². The summed E-state index contributed by atoms with van der Waals surface area (Å²) in [7, 11) is 0. The molecule has 3 nitrogen and oxygen atoms in total. The van der Waals surface area contributed by atoms with Gasteiger partial charge in [0.25, 0.3) is 0 Å². The van der Waals surface area contributed by atoms with Crippen LogP contribution in [0.15, 0.2) is 16.8 Å². The lowest BCUT2D eigenvalue weighted by molar-refractivity contribution is -0.128. The molecular weight excluding hydrogens is 370 g/mol. The topological polar surface area (TPSA) is 49.7 Å². The lowest BCUT2D eigenvalue weighted by Gasteiger charge is -2.58. The monoisotopic (exact) mass is 413 g/mol. The fourth-order valence-electron chi connectivity index (χ4n) is 8.50. The number of allylic oxidation sites excluding steroid dienone is 2. The molecular formula is C27H43NO2. The van der Waals surface area contributed by atoms with E-state index in [2.05, 4.69) is 39.8 Å². The van der Waals surface area contributed by atoms with Crippen LogP contribution in [0.5, 0.6) is 0 Å². The molecule has 1 N–H and O–H groups in total. The quantitative estimate of drug-likeness (QED) is 0.388. The zero-order valence-electron chi connectivity index (χ0n) is 19.9. The van der Waals surface area contributed by atoms with Gasteiger partial charge in [0.15, 0.2) is 5.78 Å². The van der Waals surface area contributed by atoms with Crippen LogP contribution < -0.4 is 0 Å². The van der Waals surface area contributed by atoms with E-state index in [-0.39, 0.29) is 5.41 Å². The Kier molecular flexibility index (Phi) is 5.96. The van der Waals surface area contributed by atoms with Gasteiger partial charge < -0.3 is 5.21 Å². The largest absolute Gasteiger partial charge is 0.411 e. The molecule has 0 spiro atoms. The summed E-state index contributed by atoms with van der Waals surface area (Å²) in [5.41, 5.74) is 2.05. The second kappa shape index (κ2) is 8.10. The van der Waals surface area contributed by atoms with Gasteiger partial charge in [-0.2, -0.15) is 0 Å². The summed E-state index contributed by atoms with van der Waals surface area (Å²) < 4.78 is 0. The molecule has 0 bridgehead atoms. The molecule has 3 saturated carbocycles. The maximum Gasteiger partial charge on any atom is 0.159 e. The van der Waals surface area contributed by atoms with Crippen molar-refractivity contribution in [2.24, 2.45) is 51.5 Å². The van der Waals surface area contributed by atoms with Gasteiger partial charge >= 0.3 is 0 Å². The molecule has 4 rings (SSSR count). The number of oxime groups is 1. The van der Waals surface area contributed by atoms with Crippen LogP contribution in [0.25, 0.3) is 0 Å². The van der Waals surface area contributed by atoms with E-state index in [1.54, 1.807) is 0 Å². The standard InChI is InChI=1S/C27H43NO2/c1-17(2)7-6-8-18(3)21-9-10-22-20-16-25(29)24-15-19(28-30)11-13-27(24,5)23(20)12-14-26(21,22)4/h15,17-18,20-23,30H,6-14,16H2,1-5H3/b28-19+/t18-,20+,21+,22-,23+,26+,27-/m0/s1. The predicted octanol–water partition coefficient (Wildman–Crippen LogP) is 7.04. The lowest BCUT2D eigenvalue weighted by Crippen LogP contribution is -2.53. The minimum Gasteiger partial charge on any atom is -0.411 e. The Hall–Kier alpha value is -1.12. The number of Topliss-reactive ketones (excluding diaryl/α,β-unsaturated/α-hetero) is 1. The first-order valence-corrected chi connectivity index (χ1v) is 12.7. The molecule has 0 saturated heterocycles. The van der Waals surface area contributed by atoms with E-state index in [4.69, 9.17) is 0 Å². The van der Waals surface area contributed by atoms with Crippen molar-refractivity contribution in [3.05, 3.63) is 11.6 Å². The zero-order chi connectivity index (χ0) is 21.7. The highest BCUT2D eigenvalue weighted by Gasteiger charge is 2.60. The first-order valence-electron chi connectivity index (χ1n) is 12.7. The molecule has 0 heterocycles. The van der Waals surface area contributed by atoms with Crippen LogP contribution in [0.1, 0.15) is 98.8 Å². The van der Waals surface area contributed by atoms with E-state index in [1.807, 2.05) is 6.08 Å². The van der Waals surface area contributed by atoms with E-state index in [0.29, 0.717) is 34.7 Å². The van der Waals surface area contributed by atoms with Crippen molar-refractivity contribution in [3.8, 4) is 0 Å². The highest BCUT2D eigenvalue weighted by molar-refractivity contribution is 6.07. The van der Waals surface area contributed by atoms with E-state index in [9.17, 15) is 10.0 Å². The molecule has 3 fully saturated rings. The van der Waals surface area contributed by atoms with Gasteiger partial charge in [0.05, 0.1) is 5.71 Å². The predicted molar refractivity (Wildman–Crippen MR) is 123 cm³/mol. The Morgan fingerprint density at radius 1 is 1.10 bits per heavy atom. The van der Waals surface area contributed by atoms with Gasteiger partial charge in [-0.1, -0.05) is 59.0 Å². The number of nitrogens with zero attached hydrogens (tertiary/aromatic N) is 1. The molecule has 0 radical (unpaired) electrons. The summed E-state index contributed by atoms with van der Waals surface area (Å²) >= 11 is 0. The van der Waals surface area contributed by atoms with Gasteiger partial charge in [-0.05, 0) is 90.9 Å². The van der Waals surface area contributed by atoms with Crippen LogP contribution in [0.3, 0.4) is 0 Å². The number of hydrogen-bond donors (Lipinski definition) is 1. The van der Waals surface area contributed by atoms with Crippen molar-refractivity contribution in [1.29, 1.82) is 0 Å². The molecule has 4 aliphatic rings. The van der Waals surface area contributed by atoms with E-state index >= 15 is 0 Å². The molecule has 0 aromatic heterocycles. The molecule has 168 valence electrons. The Morgan fingerprint density at radius 3 is 2.57 bits per heavy atom. The highest BCUT2D eigenvalue weighted by Crippen LogP contribution is 2.67. The average Bonchev–Trinajstić information content (AvgIpc) is 3.05. The van der Waals surface area contributed by atoms with Crippen molar-refractivity contribution >= 4 is 11.5 Å². The fraction of sp³-hybridized carbons (Fsp3) is 0.852. The second-order valence-corrected chi connectivity index (χ2v) is 12.1. The first kappa shape index (κ1) is 22.1. The maximum atomic E-state index is 13.3. The van der Waals surface area contributed by atoms with Crippen molar-refractivity contribution in [3.63, 3.8) is 0 Å². The fourth-order valence-corrected chi connectivity index (χ4v) is 8.50. The Morgan fingerprint density at radius 2 is 1.87 bits per heavy atom. The van der Waals surface area contributed by atoms with Crippen LogP contribution in [0.4, 0.5) is 0 Å². The van der Waals surface area contributed by atoms with Crippen molar-refractivity contribution in [2.45, 2.75) is 98.8 Å². The third kappa shape index (κ3) is 3.48. The summed E-state index contributed by atoms with van der Waals surface area (Å²) in [4.78, 5) is 13.3. The van der Waals surface area contributed by atoms with Crippen LogP contribution in [-0.2, 0) is 4.79 Å². The Labute approximate surface area is 183 Å². The number of fused-ring (bicyclic) bond motifs is 5. The molecule has 3 heteroatoms. The summed E-state index contributed by atoms with van der Waals surface area (Å²) in [5.74, 6) is 4.66. The number of carbonyl (C=O) groups excluding carboxylic acids is 1. The number of hydrogen-bond acceptors (Lipinski definition) is 3. The van der Waals surface area contributed by atoms with Gasteiger partial charge in [0.1, 0.15) is 0 Å². The number of ketones is 1. The van der Waals surface area contributed by atoms with E-state index in [1.165, 1.54) is 44.9 Å². The van der Waals surface area contributed by atoms with Gasteiger partial charge in [0.2, 0.25) is 0 Å². The molecule has 4 aliphatic carbocycles. The highest BCUT2D eigenvalue weighted by atomic mass is 16.4. The maximum absolute atomic E-state index is 13.3. The van der Waals surface area contributed by atoms with Crippen molar-refractivity contribution < 1.29 is 10.0 Å². The molecule has 0 amide bonds. The van der Waals surface area contributed by atoms with Crippen LogP contribution in [0.2, 0.25) is 0 Å². The summed E-state index contributed by atoms with van der Waals surface area (Å²) in [5, 5.41) is 12.7. The third-order valence-corrected chi connectivity index (χ3v) is 10.1. The Balaban J connectivity index is 1.54. The minimum absolute atomic E-state index is 0.0174. The van der Waals surface area contributed by atoms with Gasteiger partial charge in [-0.15, -0.1) is 0 Å². The van der Waals surface area contributed by atoms with Crippen LogP contribution in [-0.4, -0.2) is 16.7 Å². The summed E-state index contributed by atoms with van der Waals surface area (Å²) in [6.45, 7) is 12.1. The molecule has 0 aliphatic heterocycles. The summed E-state index contributed by atoms with van der Waals surface area (Å²) in [6, 6.07) is 0. The minimum atomic E-state index is -0.0174. The SMILES string of the molecule is CC(C)CCC[C@H](C)[C@H]1CC[C@H]2[C@H]3CC(=O)C4=C/C(=N/O)CC[C@@]4(C)[C@@H]3CC[C@]12C. The molecule has 0 aromatic rings. The average molecular weight is 414 g/mol. The lowest BCUT2D eigenvalue weighted by atomic mass is 9.46. The molecule has 30 heavy (non-hydrogen) atoms.